The van der Waals surface area contributed by atoms with Crippen molar-refractivity contribution >= 4 is 28.8 Å². The summed E-state index contributed by atoms with van der Waals surface area (Å²) >= 11 is 7.68. The van der Waals surface area contributed by atoms with Gasteiger partial charge in [-0.15, -0.1) is 11.3 Å². The van der Waals surface area contributed by atoms with Crippen molar-refractivity contribution in [3.63, 3.8) is 0 Å². The van der Waals surface area contributed by atoms with Crippen LogP contribution in [0.15, 0.2) is 35.7 Å². The van der Waals surface area contributed by atoms with Crippen LogP contribution in [0.25, 0.3) is 21.7 Å². The standard InChI is InChI=1S/C16H16ClN3S/c1-3-10-8-9-21-15(10)14-13(16(18)20(2)19-14)11-4-6-12(17)7-5-11/h4-9H,3,18H2,1-2H3. The number of rotatable bonds is 3. The Kier molecular flexibility index (Phi) is 3.74. The first-order valence-corrected chi connectivity index (χ1v) is 8.02. The second-order valence-electron chi connectivity index (χ2n) is 4.87. The Labute approximate surface area is 133 Å². The van der Waals surface area contributed by atoms with E-state index in [4.69, 9.17) is 17.3 Å². The molecule has 2 aromatic heterocycles. The lowest BCUT2D eigenvalue weighted by atomic mass is 10.0. The topological polar surface area (TPSA) is 43.8 Å². The van der Waals surface area contributed by atoms with Crippen LogP contribution >= 0.6 is 22.9 Å². The number of nitrogen functional groups attached to an aromatic ring is 1. The highest BCUT2D eigenvalue weighted by Crippen LogP contribution is 2.40. The Bertz CT molecular complexity index is 771. The molecular weight excluding hydrogens is 302 g/mol. The van der Waals surface area contributed by atoms with E-state index in [9.17, 15) is 0 Å². The van der Waals surface area contributed by atoms with E-state index in [-0.39, 0.29) is 0 Å². The van der Waals surface area contributed by atoms with Crippen molar-refractivity contribution in [3.8, 4) is 21.7 Å². The molecular formula is C16H16ClN3S. The van der Waals surface area contributed by atoms with Crippen LogP contribution in [0.2, 0.25) is 5.02 Å². The van der Waals surface area contributed by atoms with Gasteiger partial charge < -0.3 is 5.73 Å². The molecule has 5 heteroatoms. The van der Waals surface area contributed by atoms with Crippen molar-refractivity contribution < 1.29 is 0 Å². The number of hydrogen-bond acceptors (Lipinski definition) is 3. The van der Waals surface area contributed by atoms with Gasteiger partial charge in [0.1, 0.15) is 11.5 Å². The molecule has 0 unspecified atom stereocenters. The normalized spacial score (nSPS) is 11.0. The number of aryl methyl sites for hydroxylation is 2. The number of nitrogens with zero attached hydrogens (tertiary/aromatic N) is 2. The largest absolute Gasteiger partial charge is 0.383 e. The van der Waals surface area contributed by atoms with Gasteiger partial charge in [0.05, 0.1) is 10.4 Å². The quantitative estimate of drug-likeness (QED) is 0.766. The summed E-state index contributed by atoms with van der Waals surface area (Å²) in [5.74, 6) is 0.669. The van der Waals surface area contributed by atoms with Gasteiger partial charge >= 0.3 is 0 Å². The van der Waals surface area contributed by atoms with E-state index in [2.05, 4.69) is 23.5 Å². The lowest BCUT2D eigenvalue weighted by molar-refractivity contribution is 0.782. The number of halogens is 1. The molecule has 0 spiro atoms. The zero-order chi connectivity index (χ0) is 15.0. The zero-order valence-electron chi connectivity index (χ0n) is 11.9. The number of benzene rings is 1. The summed E-state index contributed by atoms with van der Waals surface area (Å²) < 4.78 is 1.73. The Morgan fingerprint density at radius 3 is 2.62 bits per heavy atom. The molecule has 0 amide bonds. The summed E-state index contributed by atoms with van der Waals surface area (Å²) in [4.78, 5) is 1.19. The van der Waals surface area contributed by atoms with E-state index in [1.807, 2.05) is 31.3 Å². The second kappa shape index (κ2) is 5.54. The number of nitrogens with two attached hydrogens (primary N) is 1. The molecule has 108 valence electrons. The molecule has 2 heterocycles. The van der Waals surface area contributed by atoms with Gasteiger partial charge in [0, 0.05) is 12.1 Å². The van der Waals surface area contributed by atoms with Crippen LogP contribution in [0.4, 0.5) is 5.82 Å². The van der Waals surface area contributed by atoms with E-state index >= 15 is 0 Å². The minimum atomic E-state index is 0.669. The lowest BCUT2D eigenvalue weighted by Crippen LogP contribution is -1.97. The fourth-order valence-corrected chi connectivity index (χ4v) is 3.53. The monoisotopic (exact) mass is 317 g/mol. The number of hydrogen-bond donors (Lipinski definition) is 1. The van der Waals surface area contributed by atoms with Gasteiger partial charge in [-0.3, -0.25) is 4.68 Å². The molecule has 3 rings (SSSR count). The molecule has 0 saturated heterocycles. The van der Waals surface area contributed by atoms with Crippen molar-refractivity contribution in [2.24, 2.45) is 7.05 Å². The summed E-state index contributed by atoms with van der Waals surface area (Å²) in [6, 6.07) is 9.87. The first kappa shape index (κ1) is 14.2. The fraction of sp³-hybridized carbons (Fsp3) is 0.188. The van der Waals surface area contributed by atoms with E-state index in [0.717, 1.165) is 23.2 Å². The lowest BCUT2D eigenvalue weighted by Gasteiger charge is -2.05. The van der Waals surface area contributed by atoms with Crippen molar-refractivity contribution in [1.82, 2.24) is 9.78 Å². The van der Waals surface area contributed by atoms with Gasteiger partial charge in [0.15, 0.2) is 0 Å². The van der Waals surface area contributed by atoms with Crippen molar-refractivity contribution in [2.45, 2.75) is 13.3 Å². The smallest absolute Gasteiger partial charge is 0.129 e. The Morgan fingerprint density at radius 1 is 1.24 bits per heavy atom. The van der Waals surface area contributed by atoms with Gasteiger partial charge in [-0.2, -0.15) is 5.10 Å². The molecule has 0 aliphatic carbocycles. The van der Waals surface area contributed by atoms with Gasteiger partial charge in [0.2, 0.25) is 0 Å². The first-order chi connectivity index (χ1) is 10.1. The number of aromatic nitrogens is 2. The third-order valence-electron chi connectivity index (χ3n) is 3.57. The maximum atomic E-state index is 6.24. The molecule has 0 bridgehead atoms. The van der Waals surface area contributed by atoms with Crippen LogP contribution in [-0.4, -0.2) is 9.78 Å². The summed E-state index contributed by atoms with van der Waals surface area (Å²) in [5, 5.41) is 7.45. The van der Waals surface area contributed by atoms with Crippen LogP contribution in [-0.2, 0) is 13.5 Å². The highest BCUT2D eigenvalue weighted by Gasteiger charge is 2.20. The number of thiophene rings is 1. The first-order valence-electron chi connectivity index (χ1n) is 6.77. The molecule has 0 aliphatic heterocycles. The van der Waals surface area contributed by atoms with Gasteiger partial charge in [-0.1, -0.05) is 30.7 Å². The molecule has 0 saturated carbocycles. The molecule has 0 atom stereocenters. The molecule has 1 aromatic carbocycles. The minimum Gasteiger partial charge on any atom is -0.383 e. The summed E-state index contributed by atoms with van der Waals surface area (Å²) in [7, 11) is 1.87. The maximum absolute atomic E-state index is 6.24. The average Bonchev–Trinajstić information content (AvgIpc) is 3.06. The predicted molar refractivity (Wildman–Crippen MR) is 90.8 cm³/mol. The third-order valence-corrected chi connectivity index (χ3v) is 4.78. The molecule has 3 nitrogen and oxygen atoms in total. The fourth-order valence-electron chi connectivity index (χ4n) is 2.42. The SMILES string of the molecule is CCc1ccsc1-c1nn(C)c(N)c1-c1ccc(Cl)cc1. The molecule has 2 N–H and O–H groups in total. The molecule has 0 fully saturated rings. The van der Waals surface area contributed by atoms with Crippen LogP contribution in [0.1, 0.15) is 12.5 Å². The number of anilines is 1. The Morgan fingerprint density at radius 2 is 1.95 bits per heavy atom. The van der Waals surface area contributed by atoms with Crippen molar-refractivity contribution in [3.05, 3.63) is 46.3 Å². The van der Waals surface area contributed by atoms with Crippen LogP contribution in [0, 0.1) is 0 Å². The molecule has 0 aliphatic rings. The third kappa shape index (κ3) is 2.45. The van der Waals surface area contributed by atoms with Crippen LogP contribution < -0.4 is 5.73 Å². The van der Waals surface area contributed by atoms with E-state index < -0.39 is 0 Å². The Hall–Kier alpha value is -1.78. The molecule has 21 heavy (non-hydrogen) atoms. The zero-order valence-corrected chi connectivity index (χ0v) is 13.5. The highest BCUT2D eigenvalue weighted by molar-refractivity contribution is 7.13. The van der Waals surface area contributed by atoms with E-state index in [1.54, 1.807) is 16.0 Å². The van der Waals surface area contributed by atoms with Gasteiger partial charge in [-0.25, -0.2) is 0 Å². The van der Waals surface area contributed by atoms with Gasteiger partial charge in [0.25, 0.3) is 0 Å². The molecule has 3 aromatic rings. The second-order valence-corrected chi connectivity index (χ2v) is 6.22. The minimum absolute atomic E-state index is 0.669. The van der Waals surface area contributed by atoms with E-state index in [1.165, 1.54) is 10.4 Å². The Balaban J connectivity index is 2.23. The summed E-state index contributed by atoms with van der Waals surface area (Å²) in [6.07, 6.45) is 0.982. The molecule has 0 radical (unpaired) electrons. The van der Waals surface area contributed by atoms with Crippen molar-refractivity contribution in [2.75, 3.05) is 5.73 Å². The van der Waals surface area contributed by atoms with E-state index in [0.29, 0.717) is 10.8 Å². The predicted octanol–water partition coefficient (Wildman–Crippen LogP) is 4.61. The highest BCUT2D eigenvalue weighted by atomic mass is 35.5. The summed E-state index contributed by atoms with van der Waals surface area (Å²) in [6.45, 7) is 2.15. The van der Waals surface area contributed by atoms with Crippen molar-refractivity contribution in [1.29, 1.82) is 0 Å². The summed E-state index contributed by atoms with van der Waals surface area (Å²) in [5.41, 5.74) is 10.5. The van der Waals surface area contributed by atoms with Crippen LogP contribution in [0.5, 0.6) is 0 Å². The average molecular weight is 318 g/mol. The maximum Gasteiger partial charge on any atom is 0.129 e. The van der Waals surface area contributed by atoms with Gasteiger partial charge in [-0.05, 0) is 41.1 Å². The van der Waals surface area contributed by atoms with Crippen LogP contribution in [0.3, 0.4) is 0 Å².